The van der Waals surface area contributed by atoms with E-state index in [1.165, 1.54) is 0 Å². The van der Waals surface area contributed by atoms with Crippen molar-refractivity contribution in [3.63, 3.8) is 0 Å². The zero-order valence-electron chi connectivity index (χ0n) is 10.2. The van der Waals surface area contributed by atoms with Gasteiger partial charge in [0.2, 0.25) is 0 Å². The Morgan fingerprint density at radius 2 is 2.00 bits per heavy atom. The minimum absolute atomic E-state index is 0.507. The van der Waals surface area contributed by atoms with Gasteiger partial charge in [0.1, 0.15) is 0 Å². The fourth-order valence-corrected chi connectivity index (χ4v) is 2.94. The zero-order chi connectivity index (χ0) is 11.6. The first-order valence-corrected chi connectivity index (χ1v) is 6.33. The Hall–Kier alpha value is -0.160. The van der Waals surface area contributed by atoms with Crippen LogP contribution < -0.4 is 5.73 Å². The SMILES string of the molecule is CN1CCCC(O)(C2(N)CCCOC2)CC1. The molecule has 3 N–H and O–H groups in total. The van der Waals surface area contributed by atoms with E-state index in [1.807, 2.05) is 0 Å². The van der Waals surface area contributed by atoms with E-state index in [0.29, 0.717) is 6.61 Å². The molecule has 0 aromatic heterocycles. The van der Waals surface area contributed by atoms with Gasteiger partial charge in [-0.15, -0.1) is 0 Å². The highest BCUT2D eigenvalue weighted by atomic mass is 16.5. The minimum atomic E-state index is -0.738. The van der Waals surface area contributed by atoms with Gasteiger partial charge in [0, 0.05) is 13.2 Å². The summed E-state index contributed by atoms with van der Waals surface area (Å²) in [7, 11) is 2.10. The van der Waals surface area contributed by atoms with Gasteiger partial charge in [-0.25, -0.2) is 0 Å². The van der Waals surface area contributed by atoms with Gasteiger partial charge in [-0.1, -0.05) is 0 Å². The lowest BCUT2D eigenvalue weighted by Crippen LogP contribution is -2.65. The van der Waals surface area contributed by atoms with Crippen LogP contribution in [0.5, 0.6) is 0 Å². The molecule has 2 saturated heterocycles. The van der Waals surface area contributed by atoms with Gasteiger partial charge in [-0.05, 0) is 45.7 Å². The molecule has 2 rings (SSSR count). The minimum Gasteiger partial charge on any atom is -0.388 e. The third-order valence-corrected chi connectivity index (χ3v) is 4.24. The van der Waals surface area contributed by atoms with Crippen LogP contribution in [0.3, 0.4) is 0 Å². The number of likely N-dealkylation sites (tertiary alicyclic amines) is 1. The summed E-state index contributed by atoms with van der Waals surface area (Å²) in [6.45, 7) is 3.27. The van der Waals surface area contributed by atoms with E-state index < -0.39 is 11.1 Å². The third kappa shape index (κ3) is 2.25. The van der Waals surface area contributed by atoms with Crippen molar-refractivity contribution in [1.29, 1.82) is 0 Å². The summed E-state index contributed by atoms with van der Waals surface area (Å²) < 4.78 is 5.47. The maximum atomic E-state index is 10.8. The second-order valence-corrected chi connectivity index (χ2v) is 5.50. The molecule has 2 aliphatic heterocycles. The second-order valence-electron chi connectivity index (χ2n) is 5.50. The Labute approximate surface area is 97.7 Å². The van der Waals surface area contributed by atoms with Crippen molar-refractivity contribution in [1.82, 2.24) is 4.90 Å². The van der Waals surface area contributed by atoms with Gasteiger partial charge < -0.3 is 20.5 Å². The van der Waals surface area contributed by atoms with Crippen LogP contribution in [0.1, 0.15) is 32.1 Å². The molecule has 0 radical (unpaired) electrons. The van der Waals surface area contributed by atoms with E-state index in [2.05, 4.69) is 11.9 Å². The van der Waals surface area contributed by atoms with E-state index in [1.54, 1.807) is 0 Å². The van der Waals surface area contributed by atoms with Gasteiger partial charge in [0.15, 0.2) is 0 Å². The molecule has 0 bridgehead atoms. The number of aliphatic hydroxyl groups is 1. The topological polar surface area (TPSA) is 58.7 Å². The lowest BCUT2D eigenvalue weighted by atomic mass is 9.72. The molecular formula is C12H24N2O2. The predicted molar refractivity (Wildman–Crippen MR) is 63.3 cm³/mol. The number of nitrogens with two attached hydrogens (primary N) is 1. The Balaban J connectivity index is 2.09. The first kappa shape index (κ1) is 12.3. The van der Waals surface area contributed by atoms with Gasteiger partial charge in [0.25, 0.3) is 0 Å². The van der Waals surface area contributed by atoms with Crippen LogP contribution in [-0.2, 0) is 4.74 Å². The lowest BCUT2D eigenvalue weighted by Gasteiger charge is -2.46. The average molecular weight is 228 g/mol. The molecule has 0 aromatic carbocycles. The molecule has 2 heterocycles. The van der Waals surface area contributed by atoms with Crippen molar-refractivity contribution in [2.75, 3.05) is 33.4 Å². The molecule has 2 unspecified atom stereocenters. The Morgan fingerprint density at radius 3 is 2.69 bits per heavy atom. The molecule has 0 amide bonds. The largest absolute Gasteiger partial charge is 0.388 e. The van der Waals surface area contributed by atoms with Crippen LogP contribution in [0.15, 0.2) is 0 Å². The second kappa shape index (κ2) is 4.61. The Bertz CT molecular complexity index is 241. The molecule has 0 spiro atoms. The first-order chi connectivity index (χ1) is 7.56. The Morgan fingerprint density at radius 1 is 1.19 bits per heavy atom. The van der Waals surface area contributed by atoms with Crippen LogP contribution >= 0.6 is 0 Å². The van der Waals surface area contributed by atoms with Crippen LogP contribution in [0, 0.1) is 0 Å². The van der Waals surface area contributed by atoms with Crippen molar-refractivity contribution in [2.24, 2.45) is 5.73 Å². The molecule has 2 atom stereocenters. The summed E-state index contributed by atoms with van der Waals surface area (Å²) in [5.74, 6) is 0. The van der Waals surface area contributed by atoms with Crippen molar-refractivity contribution in [3.8, 4) is 0 Å². The first-order valence-electron chi connectivity index (χ1n) is 6.33. The zero-order valence-corrected chi connectivity index (χ0v) is 10.2. The molecule has 16 heavy (non-hydrogen) atoms. The number of hydrogen-bond acceptors (Lipinski definition) is 4. The van der Waals surface area contributed by atoms with E-state index >= 15 is 0 Å². The molecule has 2 aliphatic rings. The molecule has 94 valence electrons. The van der Waals surface area contributed by atoms with Gasteiger partial charge >= 0.3 is 0 Å². The maximum Gasteiger partial charge on any atom is 0.0861 e. The molecular weight excluding hydrogens is 204 g/mol. The molecule has 0 aliphatic carbocycles. The molecule has 4 nitrogen and oxygen atoms in total. The fraction of sp³-hybridized carbons (Fsp3) is 1.00. The summed E-state index contributed by atoms with van der Waals surface area (Å²) in [6.07, 6.45) is 4.44. The maximum absolute atomic E-state index is 10.8. The van der Waals surface area contributed by atoms with E-state index in [4.69, 9.17) is 10.5 Å². The quantitative estimate of drug-likeness (QED) is 0.679. The average Bonchev–Trinajstić information content (AvgIpc) is 2.43. The summed E-state index contributed by atoms with van der Waals surface area (Å²) in [4.78, 5) is 2.27. The lowest BCUT2D eigenvalue weighted by molar-refractivity contribution is -0.104. The number of nitrogens with zero attached hydrogens (tertiary/aromatic N) is 1. The van der Waals surface area contributed by atoms with Crippen LogP contribution in [0.2, 0.25) is 0 Å². The van der Waals surface area contributed by atoms with Gasteiger partial charge in [-0.2, -0.15) is 0 Å². The van der Waals surface area contributed by atoms with E-state index in [-0.39, 0.29) is 0 Å². The fourth-order valence-electron chi connectivity index (χ4n) is 2.94. The van der Waals surface area contributed by atoms with Crippen LogP contribution in [0.25, 0.3) is 0 Å². The summed E-state index contributed by atoms with van der Waals surface area (Å²) in [5, 5.41) is 10.8. The van der Waals surface area contributed by atoms with Crippen molar-refractivity contribution in [3.05, 3.63) is 0 Å². The van der Waals surface area contributed by atoms with Crippen molar-refractivity contribution >= 4 is 0 Å². The highest BCUT2D eigenvalue weighted by molar-refractivity contribution is 5.05. The summed E-state index contributed by atoms with van der Waals surface area (Å²) in [6, 6.07) is 0. The normalized spacial score (nSPS) is 42.9. The number of rotatable bonds is 1. The predicted octanol–water partition coefficient (Wildman–Crippen LogP) is 0.341. The smallest absolute Gasteiger partial charge is 0.0861 e. The molecule has 0 aromatic rings. The summed E-state index contributed by atoms with van der Waals surface area (Å²) >= 11 is 0. The van der Waals surface area contributed by atoms with Gasteiger partial charge in [-0.3, -0.25) is 0 Å². The van der Waals surface area contributed by atoms with E-state index in [9.17, 15) is 5.11 Å². The van der Waals surface area contributed by atoms with Crippen molar-refractivity contribution < 1.29 is 9.84 Å². The standard InChI is InChI=1S/C12H24N2O2/c1-14-7-2-5-12(15,6-8-14)11(13)4-3-9-16-10-11/h15H,2-10,13H2,1H3. The van der Waals surface area contributed by atoms with Crippen molar-refractivity contribution in [2.45, 2.75) is 43.2 Å². The summed E-state index contributed by atoms with van der Waals surface area (Å²) in [5.41, 5.74) is 5.12. The molecule has 4 heteroatoms. The van der Waals surface area contributed by atoms with Gasteiger partial charge in [0.05, 0.1) is 17.7 Å². The molecule has 2 fully saturated rings. The van der Waals surface area contributed by atoms with Crippen LogP contribution in [-0.4, -0.2) is 54.5 Å². The number of ether oxygens (including phenoxy) is 1. The highest BCUT2D eigenvalue weighted by Gasteiger charge is 2.48. The Kier molecular flexibility index (Phi) is 3.54. The van der Waals surface area contributed by atoms with Crippen LogP contribution in [0.4, 0.5) is 0 Å². The number of hydrogen-bond donors (Lipinski definition) is 2. The molecule has 0 saturated carbocycles. The third-order valence-electron chi connectivity index (χ3n) is 4.24. The monoisotopic (exact) mass is 228 g/mol. The van der Waals surface area contributed by atoms with E-state index in [0.717, 1.165) is 51.8 Å². The highest BCUT2D eigenvalue weighted by Crippen LogP contribution is 2.36.